The van der Waals surface area contributed by atoms with Gasteiger partial charge in [-0.05, 0) is 73.7 Å². The maximum absolute atomic E-state index is 13.4. The highest BCUT2D eigenvalue weighted by atomic mass is 32.2. The molecule has 0 bridgehead atoms. The first-order chi connectivity index (χ1) is 12.8. The molecule has 0 saturated carbocycles. The first-order valence-corrected chi connectivity index (χ1v) is 10.4. The van der Waals surface area contributed by atoms with Crippen molar-refractivity contribution in [2.75, 3.05) is 20.1 Å². The minimum Gasteiger partial charge on any atom is -0.369 e. The first kappa shape index (κ1) is 19.5. The van der Waals surface area contributed by atoms with Crippen LogP contribution in [0.25, 0.3) is 0 Å². The molecule has 7 heteroatoms. The van der Waals surface area contributed by atoms with Gasteiger partial charge in [-0.3, -0.25) is 9.69 Å². The van der Waals surface area contributed by atoms with Crippen LogP contribution in [0.2, 0.25) is 0 Å². The Hall–Kier alpha value is -2.25. The van der Waals surface area contributed by atoms with Crippen molar-refractivity contribution in [2.45, 2.75) is 35.0 Å². The van der Waals surface area contributed by atoms with Crippen LogP contribution in [0.5, 0.6) is 0 Å². The van der Waals surface area contributed by atoms with E-state index in [9.17, 15) is 17.6 Å². The van der Waals surface area contributed by atoms with E-state index in [0.717, 1.165) is 36.5 Å². The summed E-state index contributed by atoms with van der Waals surface area (Å²) in [6.07, 6.45) is 2.73. The number of halogens is 1. The van der Waals surface area contributed by atoms with Crippen LogP contribution in [-0.2, 0) is 21.1 Å². The Labute approximate surface area is 158 Å². The normalized spacial score (nSPS) is 16.9. The fourth-order valence-corrected chi connectivity index (χ4v) is 5.07. The molecular formula is C20H23FN2O3S. The quantitative estimate of drug-likeness (QED) is 0.822. The number of carbonyl (C=O) groups excluding carboxylic acids is 1. The van der Waals surface area contributed by atoms with Crippen molar-refractivity contribution in [3.05, 3.63) is 59.4 Å². The van der Waals surface area contributed by atoms with Crippen LogP contribution in [-0.4, -0.2) is 39.4 Å². The smallest absolute Gasteiger partial charge is 0.231 e. The van der Waals surface area contributed by atoms with Crippen molar-refractivity contribution in [1.82, 2.24) is 4.90 Å². The Kier molecular flexibility index (Phi) is 5.62. The number of hydrogen-bond acceptors (Lipinski definition) is 4. The van der Waals surface area contributed by atoms with Crippen LogP contribution >= 0.6 is 0 Å². The lowest BCUT2D eigenvalue weighted by atomic mass is 9.82. The summed E-state index contributed by atoms with van der Waals surface area (Å²) < 4.78 is 39.1. The van der Waals surface area contributed by atoms with E-state index in [2.05, 4.69) is 0 Å². The Morgan fingerprint density at radius 3 is 2.67 bits per heavy atom. The molecule has 5 nitrogen and oxygen atoms in total. The van der Waals surface area contributed by atoms with Gasteiger partial charge >= 0.3 is 0 Å². The minimum atomic E-state index is -3.76. The number of primary amides is 1. The summed E-state index contributed by atoms with van der Waals surface area (Å²) in [5, 5.41) is 0. The molecule has 0 spiro atoms. The number of sulfone groups is 1. The van der Waals surface area contributed by atoms with Gasteiger partial charge in [-0.1, -0.05) is 12.1 Å². The summed E-state index contributed by atoms with van der Waals surface area (Å²) in [4.78, 5) is 13.1. The molecule has 1 aliphatic rings. The van der Waals surface area contributed by atoms with Crippen LogP contribution in [0.4, 0.5) is 4.39 Å². The molecule has 1 amide bonds. The van der Waals surface area contributed by atoms with Crippen LogP contribution in [0.1, 0.15) is 29.9 Å². The topological polar surface area (TPSA) is 80.5 Å². The van der Waals surface area contributed by atoms with Gasteiger partial charge in [0.1, 0.15) is 5.82 Å². The molecule has 0 unspecified atom stereocenters. The molecule has 2 N–H and O–H groups in total. The van der Waals surface area contributed by atoms with Crippen molar-refractivity contribution in [3.8, 4) is 0 Å². The van der Waals surface area contributed by atoms with Crippen LogP contribution in [0.3, 0.4) is 0 Å². The molecule has 0 radical (unpaired) electrons. The number of benzene rings is 2. The van der Waals surface area contributed by atoms with Gasteiger partial charge < -0.3 is 5.73 Å². The van der Waals surface area contributed by atoms with Gasteiger partial charge in [-0.25, -0.2) is 12.8 Å². The molecule has 2 aromatic rings. The fraction of sp³-hybridized carbons (Fsp3) is 0.350. The third kappa shape index (κ3) is 4.36. The summed E-state index contributed by atoms with van der Waals surface area (Å²) in [7, 11) is -1.91. The summed E-state index contributed by atoms with van der Waals surface area (Å²) in [5.74, 6) is -0.722. The summed E-state index contributed by atoms with van der Waals surface area (Å²) >= 11 is 0. The molecule has 1 aliphatic carbocycles. The Bertz CT molecular complexity index is 959. The average molecular weight is 390 g/mol. The fourth-order valence-electron chi connectivity index (χ4n) is 3.73. The number of rotatable bonds is 6. The maximum Gasteiger partial charge on any atom is 0.231 e. The highest BCUT2D eigenvalue weighted by Gasteiger charge is 2.25. The van der Waals surface area contributed by atoms with Crippen molar-refractivity contribution < 1.29 is 17.6 Å². The van der Waals surface area contributed by atoms with Crippen LogP contribution < -0.4 is 5.73 Å². The molecular weight excluding hydrogens is 367 g/mol. The van der Waals surface area contributed by atoms with Gasteiger partial charge in [0.15, 0.2) is 0 Å². The zero-order chi connectivity index (χ0) is 19.6. The van der Waals surface area contributed by atoms with Gasteiger partial charge in [-0.15, -0.1) is 0 Å². The second-order valence-corrected chi connectivity index (χ2v) is 9.02. The van der Waals surface area contributed by atoms with E-state index >= 15 is 0 Å². The SMILES string of the molecule is CN(CC(N)=O)C[C@@H]1CCCc2cc(S(=O)(=O)c3cccc(F)c3)ccc21. The Morgan fingerprint density at radius 2 is 1.96 bits per heavy atom. The molecule has 1 atom stereocenters. The number of nitrogens with zero attached hydrogens (tertiary/aromatic N) is 1. The summed E-state index contributed by atoms with van der Waals surface area (Å²) in [6, 6.07) is 10.2. The van der Waals surface area contributed by atoms with E-state index in [1.54, 1.807) is 12.1 Å². The van der Waals surface area contributed by atoms with E-state index in [1.807, 2.05) is 18.0 Å². The lowest BCUT2D eigenvalue weighted by Crippen LogP contribution is -2.34. The van der Waals surface area contributed by atoms with E-state index in [-0.39, 0.29) is 28.2 Å². The lowest BCUT2D eigenvalue weighted by molar-refractivity contribution is -0.118. The first-order valence-electron chi connectivity index (χ1n) is 8.87. The molecule has 0 saturated heterocycles. The molecule has 0 heterocycles. The van der Waals surface area contributed by atoms with Gasteiger partial charge in [0.2, 0.25) is 15.7 Å². The number of carbonyl (C=O) groups is 1. The summed E-state index contributed by atoms with van der Waals surface area (Å²) in [5.41, 5.74) is 7.36. The highest BCUT2D eigenvalue weighted by Crippen LogP contribution is 2.34. The number of likely N-dealkylation sites (N-methyl/N-ethyl adjacent to an activating group) is 1. The lowest BCUT2D eigenvalue weighted by Gasteiger charge is -2.29. The van der Waals surface area contributed by atoms with Crippen molar-refractivity contribution >= 4 is 15.7 Å². The molecule has 0 aromatic heterocycles. The van der Waals surface area contributed by atoms with Gasteiger partial charge in [0, 0.05) is 6.54 Å². The average Bonchev–Trinajstić information content (AvgIpc) is 2.61. The zero-order valence-electron chi connectivity index (χ0n) is 15.2. The predicted molar refractivity (Wildman–Crippen MR) is 101 cm³/mol. The number of fused-ring (bicyclic) bond motifs is 1. The number of nitrogens with two attached hydrogens (primary N) is 1. The van der Waals surface area contributed by atoms with Crippen molar-refractivity contribution in [3.63, 3.8) is 0 Å². The van der Waals surface area contributed by atoms with E-state index in [4.69, 9.17) is 5.73 Å². The van der Waals surface area contributed by atoms with Crippen molar-refractivity contribution in [2.24, 2.45) is 5.73 Å². The van der Waals surface area contributed by atoms with E-state index in [0.29, 0.717) is 6.54 Å². The Balaban J connectivity index is 1.89. The van der Waals surface area contributed by atoms with E-state index < -0.39 is 15.7 Å². The third-order valence-corrected chi connectivity index (χ3v) is 6.68. The molecule has 144 valence electrons. The largest absolute Gasteiger partial charge is 0.369 e. The highest BCUT2D eigenvalue weighted by molar-refractivity contribution is 7.91. The maximum atomic E-state index is 13.4. The molecule has 3 rings (SSSR count). The predicted octanol–water partition coefficient (Wildman–Crippen LogP) is 2.50. The zero-order valence-corrected chi connectivity index (χ0v) is 16.0. The van der Waals surface area contributed by atoms with Gasteiger partial charge in [0.05, 0.1) is 16.3 Å². The molecule has 2 aromatic carbocycles. The third-order valence-electron chi connectivity index (χ3n) is 4.93. The second kappa shape index (κ2) is 7.78. The van der Waals surface area contributed by atoms with Crippen molar-refractivity contribution in [1.29, 1.82) is 0 Å². The van der Waals surface area contributed by atoms with Crippen LogP contribution in [0, 0.1) is 5.82 Å². The summed E-state index contributed by atoms with van der Waals surface area (Å²) in [6.45, 7) is 0.879. The number of hydrogen-bond donors (Lipinski definition) is 1. The minimum absolute atomic E-state index is 0.0454. The second-order valence-electron chi connectivity index (χ2n) is 7.07. The molecule has 27 heavy (non-hydrogen) atoms. The number of aryl methyl sites for hydroxylation is 1. The van der Waals surface area contributed by atoms with Crippen LogP contribution in [0.15, 0.2) is 52.3 Å². The Morgan fingerprint density at radius 1 is 1.22 bits per heavy atom. The van der Waals surface area contributed by atoms with Gasteiger partial charge in [0.25, 0.3) is 0 Å². The molecule has 0 aliphatic heterocycles. The van der Waals surface area contributed by atoms with Gasteiger partial charge in [-0.2, -0.15) is 0 Å². The standard InChI is InChI=1S/C20H23FN2O3S/c1-23(13-20(22)24)12-15-5-2-4-14-10-18(8-9-19(14)15)27(25,26)17-7-3-6-16(21)11-17/h3,6-11,15H,2,4-5,12-13H2,1H3,(H2,22,24)/t15-/m0/s1. The molecule has 0 fully saturated rings. The monoisotopic (exact) mass is 390 g/mol. The number of amides is 1. The van der Waals surface area contributed by atoms with E-state index in [1.165, 1.54) is 18.2 Å².